The normalized spacial score (nSPS) is 19.0. The van der Waals surface area contributed by atoms with Gasteiger partial charge in [0.05, 0.1) is 17.9 Å². The molecule has 0 bridgehead atoms. The van der Waals surface area contributed by atoms with Gasteiger partial charge in [0.2, 0.25) is 0 Å². The lowest BCUT2D eigenvalue weighted by molar-refractivity contribution is 0.0109. The number of aliphatic hydroxyl groups is 1. The van der Waals surface area contributed by atoms with Crippen molar-refractivity contribution in [3.63, 3.8) is 0 Å². The van der Waals surface area contributed by atoms with E-state index >= 15 is 0 Å². The fourth-order valence-electron chi connectivity index (χ4n) is 3.82. The maximum absolute atomic E-state index is 10.2. The Morgan fingerprint density at radius 2 is 2.03 bits per heavy atom. The molecule has 1 saturated carbocycles. The van der Waals surface area contributed by atoms with Crippen LogP contribution in [0.15, 0.2) is 42.7 Å². The fourth-order valence-corrected chi connectivity index (χ4v) is 3.82. The number of hydrogen-bond donors (Lipinski definition) is 2. The average molecular weight is 436 g/mol. The van der Waals surface area contributed by atoms with E-state index in [1.54, 1.807) is 26.1 Å². The van der Waals surface area contributed by atoms with Crippen LogP contribution in [0.2, 0.25) is 0 Å². The van der Waals surface area contributed by atoms with E-state index in [-0.39, 0.29) is 6.10 Å². The van der Waals surface area contributed by atoms with E-state index in [2.05, 4.69) is 15.3 Å². The summed E-state index contributed by atoms with van der Waals surface area (Å²) in [6.45, 7) is 4.18. The van der Waals surface area contributed by atoms with E-state index in [9.17, 15) is 5.11 Å². The molecule has 1 saturated heterocycles. The van der Waals surface area contributed by atoms with Gasteiger partial charge in [0, 0.05) is 18.9 Å². The molecule has 5 rings (SSSR count). The highest BCUT2D eigenvalue weighted by Crippen LogP contribution is 2.40. The van der Waals surface area contributed by atoms with Gasteiger partial charge in [-0.05, 0) is 64.2 Å². The first-order valence-electron chi connectivity index (χ1n) is 11.3. The highest BCUT2D eigenvalue weighted by Gasteiger charge is 2.30. The Hall–Kier alpha value is -2.97. The summed E-state index contributed by atoms with van der Waals surface area (Å²) in [5, 5.41) is 18.2. The number of aromatic nitrogens is 4. The van der Waals surface area contributed by atoms with E-state index in [1.165, 1.54) is 0 Å². The van der Waals surface area contributed by atoms with Crippen LogP contribution in [0.3, 0.4) is 0 Å². The molecule has 0 radical (unpaired) electrons. The molecule has 1 unspecified atom stereocenters. The molecule has 2 aliphatic rings. The zero-order valence-corrected chi connectivity index (χ0v) is 18.5. The minimum atomic E-state index is -1.02. The minimum absolute atomic E-state index is 0.0213. The van der Waals surface area contributed by atoms with E-state index in [0.29, 0.717) is 29.1 Å². The van der Waals surface area contributed by atoms with Gasteiger partial charge >= 0.3 is 0 Å². The zero-order valence-electron chi connectivity index (χ0n) is 18.5. The van der Waals surface area contributed by atoms with Gasteiger partial charge in [0.1, 0.15) is 34.8 Å². The molecule has 0 aromatic carbocycles. The lowest BCUT2D eigenvalue weighted by atomic mass is 10.1. The minimum Gasteiger partial charge on any atom is -0.453 e. The average Bonchev–Trinajstić information content (AvgIpc) is 3.55. The molecular formula is C24H29N5O3. The van der Waals surface area contributed by atoms with Crippen molar-refractivity contribution in [2.75, 3.05) is 11.9 Å². The maximum atomic E-state index is 10.2. The summed E-state index contributed by atoms with van der Waals surface area (Å²) >= 11 is 0. The van der Waals surface area contributed by atoms with Crippen LogP contribution in [0.25, 0.3) is 0 Å². The number of anilines is 2. The van der Waals surface area contributed by atoms with Gasteiger partial charge in [-0.25, -0.2) is 9.97 Å². The molecule has 0 spiro atoms. The van der Waals surface area contributed by atoms with E-state index in [1.807, 2.05) is 35.1 Å². The predicted molar refractivity (Wildman–Crippen MR) is 120 cm³/mol. The Kier molecular flexibility index (Phi) is 5.57. The van der Waals surface area contributed by atoms with Gasteiger partial charge in [-0.3, -0.25) is 4.68 Å². The Morgan fingerprint density at radius 3 is 2.78 bits per heavy atom. The third-order valence-corrected chi connectivity index (χ3v) is 5.72. The number of ether oxygens (including phenoxy) is 2. The molecule has 2 fully saturated rings. The molecular weight excluding hydrogens is 406 g/mol. The smallest absolute Gasteiger partial charge is 0.171 e. The number of hydrogen-bond acceptors (Lipinski definition) is 7. The molecule has 8 nitrogen and oxygen atoms in total. The first kappa shape index (κ1) is 20.9. The first-order valence-corrected chi connectivity index (χ1v) is 11.3. The predicted octanol–water partition coefficient (Wildman–Crippen LogP) is 5.01. The SMILES string of the molecule is CC(C)(O)c1cccc(Nc2cc(Oc3cn(C4CC4)nc3C3CCCCO3)ccn2)n1. The monoisotopic (exact) mass is 435 g/mol. The summed E-state index contributed by atoms with van der Waals surface area (Å²) < 4.78 is 14.3. The molecule has 168 valence electrons. The molecule has 1 aliphatic heterocycles. The summed E-state index contributed by atoms with van der Waals surface area (Å²) in [7, 11) is 0. The third kappa shape index (κ3) is 4.76. The van der Waals surface area contributed by atoms with Crippen LogP contribution >= 0.6 is 0 Å². The van der Waals surface area contributed by atoms with Gasteiger partial charge in [-0.15, -0.1) is 0 Å². The lowest BCUT2D eigenvalue weighted by Crippen LogP contribution is -2.17. The van der Waals surface area contributed by atoms with Crippen LogP contribution in [-0.4, -0.2) is 31.5 Å². The Labute approximate surface area is 187 Å². The molecule has 1 aliphatic carbocycles. The highest BCUT2D eigenvalue weighted by molar-refractivity contribution is 5.54. The standard InChI is InChI=1S/C24H29N5O3/c1-24(2,30)20-7-5-8-21(26-20)27-22-14-17(11-12-25-22)32-19-15-29(16-9-10-16)28-23(19)18-6-3-4-13-31-18/h5,7-8,11-12,14-16,18,30H,3-4,6,9-10,13H2,1-2H3,(H,25,26,27). The van der Waals surface area contributed by atoms with Crippen LogP contribution in [0.1, 0.15) is 69.5 Å². The van der Waals surface area contributed by atoms with Crippen LogP contribution < -0.4 is 10.1 Å². The van der Waals surface area contributed by atoms with E-state index in [4.69, 9.17) is 14.6 Å². The van der Waals surface area contributed by atoms with Crippen LogP contribution in [0, 0.1) is 0 Å². The molecule has 3 aromatic heterocycles. The molecule has 32 heavy (non-hydrogen) atoms. The summed E-state index contributed by atoms with van der Waals surface area (Å²) in [5.74, 6) is 2.61. The van der Waals surface area contributed by atoms with E-state index < -0.39 is 5.60 Å². The van der Waals surface area contributed by atoms with E-state index in [0.717, 1.165) is 50.2 Å². The van der Waals surface area contributed by atoms with Crippen molar-refractivity contribution in [1.82, 2.24) is 19.7 Å². The van der Waals surface area contributed by atoms with Crippen molar-refractivity contribution >= 4 is 11.6 Å². The van der Waals surface area contributed by atoms with Crippen molar-refractivity contribution in [1.29, 1.82) is 0 Å². The van der Waals surface area contributed by atoms with Gasteiger partial charge in [0.15, 0.2) is 5.75 Å². The highest BCUT2D eigenvalue weighted by atomic mass is 16.5. The zero-order chi connectivity index (χ0) is 22.1. The largest absolute Gasteiger partial charge is 0.453 e. The van der Waals surface area contributed by atoms with Crippen LogP contribution in [-0.2, 0) is 10.3 Å². The van der Waals surface area contributed by atoms with Crippen molar-refractivity contribution < 1.29 is 14.6 Å². The first-order chi connectivity index (χ1) is 15.5. The fraction of sp³-hybridized carbons (Fsp3) is 0.458. The van der Waals surface area contributed by atoms with Gasteiger partial charge in [0.25, 0.3) is 0 Å². The number of pyridine rings is 2. The second-order valence-electron chi connectivity index (χ2n) is 9.02. The van der Waals surface area contributed by atoms with Crippen molar-refractivity contribution in [2.24, 2.45) is 0 Å². The van der Waals surface area contributed by atoms with Crippen LogP contribution in [0.5, 0.6) is 11.5 Å². The molecule has 8 heteroatoms. The van der Waals surface area contributed by atoms with Gasteiger partial charge < -0.3 is 19.9 Å². The summed E-state index contributed by atoms with van der Waals surface area (Å²) in [6, 6.07) is 9.61. The van der Waals surface area contributed by atoms with Gasteiger partial charge in [-0.1, -0.05) is 6.07 Å². The number of rotatable bonds is 7. The molecule has 1 atom stereocenters. The van der Waals surface area contributed by atoms with Crippen molar-refractivity contribution in [2.45, 2.75) is 63.7 Å². The molecule has 4 heterocycles. The summed E-state index contributed by atoms with van der Waals surface area (Å²) in [5.41, 5.74) is 0.442. The topological polar surface area (TPSA) is 94.3 Å². The Morgan fingerprint density at radius 1 is 1.16 bits per heavy atom. The van der Waals surface area contributed by atoms with Crippen molar-refractivity contribution in [3.05, 3.63) is 54.1 Å². The number of nitrogens with zero attached hydrogens (tertiary/aromatic N) is 4. The van der Waals surface area contributed by atoms with Gasteiger partial charge in [-0.2, -0.15) is 5.10 Å². The Balaban J connectivity index is 1.36. The quantitative estimate of drug-likeness (QED) is 0.538. The molecule has 3 aromatic rings. The second-order valence-corrected chi connectivity index (χ2v) is 9.02. The molecule has 2 N–H and O–H groups in total. The Bertz CT molecular complexity index is 1080. The summed E-state index contributed by atoms with van der Waals surface area (Å²) in [6.07, 6.45) is 9.18. The summed E-state index contributed by atoms with van der Waals surface area (Å²) in [4.78, 5) is 8.87. The van der Waals surface area contributed by atoms with Crippen molar-refractivity contribution in [3.8, 4) is 11.5 Å². The number of nitrogens with one attached hydrogen (secondary N) is 1. The molecule has 0 amide bonds. The lowest BCUT2D eigenvalue weighted by Gasteiger charge is -2.21. The maximum Gasteiger partial charge on any atom is 0.171 e. The van der Waals surface area contributed by atoms with Crippen LogP contribution in [0.4, 0.5) is 11.6 Å². The third-order valence-electron chi connectivity index (χ3n) is 5.72. The second kappa shape index (κ2) is 8.52.